The van der Waals surface area contributed by atoms with E-state index in [0.717, 1.165) is 17.1 Å². The molecule has 1 aliphatic rings. The number of anilines is 3. The third-order valence-electron chi connectivity index (χ3n) is 12.7. The summed E-state index contributed by atoms with van der Waals surface area (Å²) in [6.45, 7) is 0. The van der Waals surface area contributed by atoms with E-state index in [4.69, 9.17) is 0 Å². The van der Waals surface area contributed by atoms with Crippen LogP contribution in [0.4, 0.5) is 17.1 Å². The quantitative estimate of drug-likeness (QED) is 0.155. The van der Waals surface area contributed by atoms with E-state index in [1.165, 1.54) is 86.6 Å². The molecule has 0 fully saturated rings. The second kappa shape index (κ2) is 14.3. The second-order valence-electron chi connectivity index (χ2n) is 16.0. The summed E-state index contributed by atoms with van der Waals surface area (Å²) in [6, 6.07) is 87.3. The highest BCUT2D eigenvalue weighted by molar-refractivity contribution is 7.25. The maximum atomic E-state index is 2.45. The van der Waals surface area contributed by atoms with E-state index >= 15 is 0 Å². The van der Waals surface area contributed by atoms with Gasteiger partial charge in [0.15, 0.2) is 0 Å². The largest absolute Gasteiger partial charge is 0.310 e. The number of hydrogen-bond donors (Lipinski definition) is 0. The summed E-state index contributed by atoms with van der Waals surface area (Å²) in [7, 11) is 0. The van der Waals surface area contributed by atoms with Crippen LogP contribution in [0.25, 0.3) is 64.3 Å². The monoisotopic (exact) mass is 793 g/mol. The molecule has 0 atom stereocenters. The number of nitrogens with zero attached hydrogens (tertiary/aromatic N) is 1. The van der Waals surface area contributed by atoms with Gasteiger partial charge in [-0.1, -0.05) is 188 Å². The summed E-state index contributed by atoms with van der Waals surface area (Å²) in [6.07, 6.45) is 0. The molecule has 0 saturated heterocycles. The Balaban J connectivity index is 1.00. The van der Waals surface area contributed by atoms with E-state index in [-0.39, 0.29) is 0 Å². The van der Waals surface area contributed by atoms with Crippen molar-refractivity contribution in [2.45, 2.75) is 5.41 Å². The maximum absolute atomic E-state index is 2.45. The maximum Gasteiger partial charge on any atom is 0.0713 e. The van der Waals surface area contributed by atoms with Gasteiger partial charge in [0.2, 0.25) is 0 Å². The number of thiophene rings is 1. The fourth-order valence-corrected chi connectivity index (χ4v) is 11.2. The molecule has 1 heterocycles. The molecule has 12 rings (SSSR count). The number of fused-ring (bicyclic) bond motifs is 7. The lowest BCUT2D eigenvalue weighted by Crippen LogP contribution is -2.28. The number of rotatable bonds is 7. The second-order valence-corrected chi connectivity index (χ2v) is 17.1. The first-order valence-electron chi connectivity index (χ1n) is 21.0. The lowest BCUT2D eigenvalue weighted by atomic mass is 9.67. The predicted molar refractivity (Wildman–Crippen MR) is 260 cm³/mol. The van der Waals surface area contributed by atoms with E-state index in [1.54, 1.807) is 0 Å². The van der Waals surface area contributed by atoms with Crippen molar-refractivity contribution in [3.63, 3.8) is 0 Å². The minimum Gasteiger partial charge on any atom is -0.310 e. The number of hydrogen-bond acceptors (Lipinski definition) is 2. The van der Waals surface area contributed by atoms with Crippen LogP contribution in [0.2, 0.25) is 0 Å². The highest BCUT2D eigenvalue weighted by Gasteiger charge is 2.46. The van der Waals surface area contributed by atoms with Crippen LogP contribution in [0.5, 0.6) is 0 Å². The van der Waals surface area contributed by atoms with Crippen molar-refractivity contribution in [3.8, 4) is 33.4 Å². The van der Waals surface area contributed by atoms with Gasteiger partial charge in [0.05, 0.1) is 5.41 Å². The van der Waals surface area contributed by atoms with Crippen molar-refractivity contribution in [3.05, 3.63) is 259 Å². The van der Waals surface area contributed by atoms with Gasteiger partial charge in [-0.25, -0.2) is 0 Å². The lowest BCUT2D eigenvalue weighted by Gasteiger charge is -2.34. The van der Waals surface area contributed by atoms with Crippen LogP contribution in [-0.2, 0) is 5.41 Å². The Bertz CT molecular complexity index is 3370. The third-order valence-corrected chi connectivity index (χ3v) is 13.9. The first-order valence-corrected chi connectivity index (χ1v) is 21.8. The molecule has 0 amide bonds. The Kier molecular flexibility index (Phi) is 8.33. The third kappa shape index (κ3) is 5.68. The molecule has 0 N–H and O–H groups in total. The molecule has 11 aromatic rings. The van der Waals surface area contributed by atoms with Gasteiger partial charge >= 0.3 is 0 Å². The van der Waals surface area contributed by atoms with Gasteiger partial charge < -0.3 is 4.90 Å². The molecule has 10 aromatic carbocycles. The molecule has 61 heavy (non-hydrogen) atoms. The zero-order valence-electron chi connectivity index (χ0n) is 33.4. The Morgan fingerprint density at radius 3 is 1.72 bits per heavy atom. The van der Waals surface area contributed by atoms with E-state index < -0.39 is 5.41 Å². The van der Waals surface area contributed by atoms with E-state index in [0.29, 0.717) is 0 Å². The van der Waals surface area contributed by atoms with Gasteiger partial charge in [0.1, 0.15) is 0 Å². The Morgan fingerprint density at radius 1 is 0.311 bits per heavy atom. The van der Waals surface area contributed by atoms with Gasteiger partial charge in [0.25, 0.3) is 0 Å². The van der Waals surface area contributed by atoms with Crippen LogP contribution in [-0.4, -0.2) is 0 Å². The summed E-state index contributed by atoms with van der Waals surface area (Å²) in [5, 5.41) is 5.10. The first-order chi connectivity index (χ1) is 30.2. The molecule has 0 unspecified atom stereocenters. The van der Waals surface area contributed by atoms with Crippen LogP contribution in [0.3, 0.4) is 0 Å². The smallest absolute Gasteiger partial charge is 0.0713 e. The van der Waals surface area contributed by atoms with Crippen molar-refractivity contribution in [1.29, 1.82) is 0 Å². The zero-order valence-corrected chi connectivity index (χ0v) is 34.2. The van der Waals surface area contributed by atoms with E-state index in [1.807, 2.05) is 11.3 Å². The Labute approximate surface area is 360 Å². The number of benzene rings is 10. The molecule has 0 radical (unpaired) electrons. The molecule has 286 valence electrons. The van der Waals surface area contributed by atoms with Crippen LogP contribution in [0.15, 0.2) is 237 Å². The minimum atomic E-state index is -0.443. The average molecular weight is 794 g/mol. The van der Waals surface area contributed by atoms with Crippen molar-refractivity contribution in [2.24, 2.45) is 0 Å². The van der Waals surface area contributed by atoms with Gasteiger partial charge in [-0.15, -0.1) is 11.3 Å². The van der Waals surface area contributed by atoms with Crippen molar-refractivity contribution < 1.29 is 0 Å². The van der Waals surface area contributed by atoms with Gasteiger partial charge in [-0.05, 0) is 115 Å². The molecule has 1 aliphatic carbocycles. The van der Waals surface area contributed by atoms with Gasteiger partial charge in [-0.2, -0.15) is 0 Å². The lowest BCUT2D eigenvalue weighted by molar-refractivity contribution is 0.769. The molecule has 0 aliphatic heterocycles. The zero-order chi connectivity index (χ0) is 40.3. The van der Waals surface area contributed by atoms with E-state index in [2.05, 4.69) is 241 Å². The summed E-state index contributed by atoms with van der Waals surface area (Å²) in [5.74, 6) is 0. The average Bonchev–Trinajstić information content (AvgIpc) is 3.85. The summed E-state index contributed by atoms with van der Waals surface area (Å²) < 4.78 is 2.59. The Morgan fingerprint density at radius 2 is 0.902 bits per heavy atom. The van der Waals surface area contributed by atoms with Crippen molar-refractivity contribution in [1.82, 2.24) is 0 Å². The fourth-order valence-electron chi connectivity index (χ4n) is 10.0. The SMILES string of the molecule is c1ccc(C2(c3ccccc3)c3ccccc3-c3ccc(-c4ccc(N(c5cccc(-c6cccc7ccccc67)c5)c5ccc6c(c5)sc5ccccc56)cc4)cc32)cc1. The standard InChI is InChI=1S/C59H39NS/c1-3-18-44(19-4-1)59(45-20-5-2-6-21-45)55-27-11-9-24-51(55)52-35-31-42(38-56(52)59)40-29-32-46(33-30-40)60(48-34-36-54-53-25-10-12-28-57(53)61-58(54)39-48)47-22-13-17-43(37-47)50-26-14-16-41-15-7-8-23-49(41)50/h1-39H. The van der Waals surface area contributed by atoms with Crippen LogP contribution < -0.4 is 4.90 Å². The van der Waals surface area contributed by atoms with Gasteiger partial charge in [-0.3, -0.25) is 0 Å². The molecule has 1 aromatic heterocycles. The molecular formula is C59H39NS. The topological polar surface area (TPSA) is 3.24 Å². The fraction of sp³-hybridized carbons (Fsp3) is 0.0169. The Hall–Kier alpha value is -7.52. The van der Waals surface area contributed by atoms with Crippen molar-refractivity contribution >= 4 is 59.3 Å². The summed E-state index contributed by atoms with van der Waals surface area (Å²) in [4.78, 5) is 2.41. The first kappa shape index (κ1) is 35.4. The molecule has 0 spiro atoms. The molecule has 0 saturated carbocycles. The van der Waals surface area contributed by atoms with Crippen molar-refractivity contribution in [2.75, 3.05) is 4.90 Å². The summed E-state index contributed by atoms with van der Waals surface area (Å²) >= 11 is 1.86. The van der Waals surface area contributed by atoms with Gasteiger partial charge in [0, 0.05) is 37.2 Å². The highest BCUT2D eigenvalue weighted by atomic mass is 32.1. The predicted octanol–water partition coefficient (Wildman–Crippen LogP) is 16.4. The molecular weight excluding hydrogens is 755 g/mol. The minimum absolute atomic E-state index is 0.443. The summed E-state index contributed by atoms with van der Waals surface area (Å²) in [5.41, 5.74) is 15.5. The normalized spacial score (nSPS) is 12.7. The van der Waals surface area contributed by atoms with Crippen LogP contribution in [0, 0.1) is 0 Å². The van der Waals surface area contributed by atoms with Crippen LogP contribution in [0.1, 0.15) is 22.3 Å². The molecule has 0 bridgehead atoms. The van der Waals surface area contributed by atoms with E-state index in [9.17, 15) is 0 Å². The molecule has 1 nitrogen and oxygen atoms in total. The highest BCUT2D eigenvalue weighted by Crippen LogP contribution is 2.56. The van der Waals surface area contributed by atoms with Crippen LogP contribution >= 0.6 is 11.3 Å². The molecule has 2 heteroatoms.